The SMILES string of the molecule is CCCC(C)NC(=O)CSc1cccc(C(C)=O)c1. The highest BCUT2D eigenvalue weighted by Crippen LogP contribution is 2.19. The van der Waals surface area contributed by atoms with Crippen molar-refractivity contribution in [3.8, 4) is 0 Å². The number of Topliss-reactive ketones (excluding diaryl/α,β-unsaturated/α-hetero) is 1. The molecule has 1 unspecified atom stereocenters. The van der Waals surface area contributed by atoms with Crippen LogP contribution in [0, 0.1) is 0 Å². The molecule has 0 aliphatic carbocycles. The van der Waals surface area contributed by atoms with E-state index in [-0.39, 0.29) is 17.7 Å². The van der Waals surface area contributed by atoms with E-state index in [1.807, 2.05) is 25.1 Å². The number of hydrogen-bond acceptors (Lipinski definition) is 3. The number of carbonyl (C=O) groups is 2. The Balaban J connectivity index is 2.46. The highest BCUT2D eigenvalue weighted by Gasteiger charge is 2.07. The summed E-state index contributed by atoms with van der Waals surface area (Å²) >= 11 is 1.46. The van der Waals surface area contributed by atoms with E-state index >= 15 is 0 Å². The van der Waals surface area contributed by atoms with E-state index in [4.69, 9.17) is 0 Å². The molecule has 19 heavy (non-hydrogen) atoms. The predicted molar refractivity (Wildman–Crippen MR) is 79.7 cm³/mol. The summed E-state index contributed by atoms with van der Waals surface area (Å²) in [6, 6.07) is 7.60. The first-order valence-corrected chi connectivity index (χ1v) is 7.54. The fraction of sp³-hybridized carbons (Fsp3) is 0.467. The average Bonchev–Trinajstić information content (AvgIpc) is 2.37. The number of nitrogens with one attached hydrogen (secondary N) is 1. The maximum absolute atomic E-state index is 11.7. The molecule has 1 aromatic carbocycles. The van der Waals surface area contributed by atoms with E-state index in [1.165, 1.54) is 11.8 Å². The Hall–Kier alpha value is -1.29. The molecule has 1 amide bonds. The lowest BCUT2D eigenvalue weighted by Crippen LogP contribution is -2.33. The van der Waals surface area contributed by atoms with Crippen LogP contribution >= 0.6 is 11.8 Å². The zero-order chi connectivity index (χ0) is 14.3. The quantitative estimate of drug-likeness (QED) is 0.615. The highest BCUT2D eigenvalue weighted by atomic mass is 32.2. The molecule has 0 bridgehead atoms. The van der Waals surface area contributed by atoms with Crippen molar-refractivity contribution in [1.29, 1.82) is 0 Å². The standard InChI is InChI=1S/C15H21NO2S/c1-4-6-11(2)16-15(18)10-19-14-8-5-7-13(9-14)12(3)17/h5,7-9,11H,4,6,10H2,1-3H3,(H,16,18). The molecule has 104 valence electrons. The molecular formula is C15H21NO2S. The topological polar surface area (TPSA) is 46.2 Å². The molecule has 3 nitrogen and oxygen atoms in total. The molecule has 0 saturated carbocycles. The molecule has 0 spiro atoms. The van der Waals surface area contributed by atoms with E-state index in [9.17, 15) is 9.59 Å². The van der Waals surface area contributed by atoms with E-state index in [0.29, 0.717) is 11.3 Å². The van der Waals surface area contributed by atoms with Crippen molar-refractivity contribution in [2.75, 3.05) is 5.75 Å². The second-order valence-corrected chi connectivity index (χ2v) is 5.68. The predicted octanol–water partition coefficient (Wildman–Crippen LogP) is 3.29. The van der Waals surface area contributed by atoms with E-state index in [1.54, 1.807) is 13.0 Å². The lowest BCUT2D eigenvalue weighted by molar-refractivity contribution is -0.119. The van der Waals surface area contributed by atoms with Gasteiger partial charge >= 0.3 is 0 Å². The van der Waals surface area contributed by atoms with Crippen molar-refractivity contribution in [3.63, 3.8) is 0 Å². The van der Waals surface area contributed by atoms with Crippen LogP contribution in [0.2, 0.25) is 0 Å². The van der Waals surface area contributed by atoms with Crippen molar-refractivity contribution >= 4 is 23.5 Å². The Bertz CT molecular complexity index is 446. The first-order valence-electron chi connectivity index (χ1n) is 6.56. The van der Waals surface area contributed by atoms with Crippen molar-refractivity contribution in [2.24, 2.45) is 0 Å². The van der Waals surface area contributed by atoms with Gasteiger partial charge in [-0.1, -0.05) is 25.5 Å². The number of ketones is 1. The average molecular weight is 279 g/mol. The third kappa shape index (κ3) is 5.92. The monoisotopic (exact) mass is 279 g/mol. The smallest absolute Gasteiger partial charge is 0.230 e. The normalized spacial score (nSPS) is 11.9. The molecule has 1 atom stereocenters. The molecular weight excluding hydrogens is 258 g/mol. The van der Waals surface area contributed by atoms with Crippen LogP contribution in [0.15, 0.2) is 29.2 Å². The number of carbonyl (C=O) groups excluding carboxylic acids is 2. The van der Waals surface area contributed by atoms with Gasteiger partial charge in [-0.3, -0.25) is 9.59 Å². The number of rotatable bonds is 7. The van der Waals surface area contributed by atoms with Crippen LogP contribution in [0.25, 0.3) is 0 Å². The lowest BCUT2D eigenvalue weighted by Gasteiger charge is -2.12. The molecule has 0 fully saturated rings. The third-order valence-electron chi connectivity index (χ3n) is 2.74. The Morgan fingerprint density at radius 1 is 1.37 bits per heavy atom. The van der Waals surface area contributed by atoms with Crippen LogP contribution in [0.1, 0.15) is 44.0 Å². The zero-order valence-electron chi connectivity index (χ0n) is 11.7. The van der Waals surface area contributed by atoms with Gasteiger partial charge in [0.15, 0.2) is 5.78 Å². The van der Waals surface area contributed by atoms with Gasteiger partial charge in [0.2, 0.25) is 5.91 Å². The van der Waals surface area contributed by atoms with Gasteiger partial charge in [-0.25, -0.2) is 0 Å². The van der Waals surface area contributed by atoms with Gasteiger partial charge in [0.1, 0.15) is 0 Å². The molecule has 1 N–H and O–H groups in total. The van der Waals surface area contributed by atoms with Gasteiger partial charge < -0.3 is 5.32 Å². The van der Waals surface area contributed by atoms with Gasteiger partial charge in [0.05, 0.1) is 5.75 Å². The largest absolute Gasteiger partial charge is 0.353 e. The summed E-state index contributed by atoms with van der Waals surface area (Å²) in [5.74, 6) is 0.470. The number of amides is 1. The summed E-state index contributed by atoms with van der Waals surface area (Å²) in [6.07, 6.45) is 2.06. The summed E-state index contributed by atoms with van der Waals surface area (Å²) in [5.41, 5.74) is 0.685. The minimum atomic E-state index is 0.0409. The summed E-state index contributed by atoms with van der Waals surface area (Å²) < 4.78 is 0. The fourth-order valence-electron chi connectivity index (χ4n) is 1.78. The van der Waals surface area contributed by atoms with Crippen LogP contribution in [0.5, 0.6) is 0 Å². The molecule has 0 aliphatic rings. The Labute approximate surface area is 119 Å². The third-order valence-corrected chi connectivity index (χ3v) is 3.73. The molecule has 4 heteroatoms. The van der Waals surface area contributed by atoms with Gasteiger partial charge in [0, 0.05) is 16.5 Å². The first-order chi connectivity index (χ1) is 9.02. The molecule has 0 radical (unpaired) electrons. The van der Waals surface area contributed by atoms with Crippen LogP contribution in [-0.2, 0) is 4.79 Å². The van der Waals surface area contributed by atoms with Gasteiger partial charge in [-0.2, -0.15) is 0 Å². The van der Waals surface area contributed by atoms with Crippen LogP contribution in [-0.4, -0.2) is 23.5 Å². The number of hydrogen-bond donors (Lipinski definition) is 1. The fourth-order valence-corrected chi connectivity index (χ4v) is 2.54. The van der Waals surface area contributed by atoms with Gasteiger partial charge in [-0.15, -0.1) is 11.8 Å². The second kappa shape index (κ2) is 8.00. The van der Waals surface area contributed by atoms with Crippen molar-refractivity contribution in [1.82, 2.24) is 5.32 Å². The summed E-state index contributed by atoms with van der Waals surface area (Å²) in [6.45, 7) is 5.66. The van der Waals surface area contributed by atoms with E-state index in [0.717, 1.165) is 17.7 Å². The summed E-state index contributed by atoms with van der Waals surface area (Å²) in [4.78, 5) is 23.9. The van der Waals surface area contributed by atoms with Crippen molar-refractivity contribution < 1.29 is 9.59 Å². The van der Waals surface area contributed by atoms with Crippen LogP contribution in [0.3, 0.4) is 0 Å². The Morgan fingerprint density at radius 2 is 2.11 bits per heavy atom. The molecule has 0 heterocycles. The summed E-state index contributed by atoms with van der Waals surface area (Å²) in [5, 5.41) is 2.96. The van der Waals surface area contributed by atoms with Gasteiger partial charge in [-0.05, 0) is 32.4 Å². The lowest BCUT2D eigenvalue weighted by atomic mass is 10.2. The van der Waals surface area contributed by atoms with E-state index < -0.39 is 0 Å². The minimum Gasteiger partial charge on any atom is -0.353 e. The summed E-state index contributed by atoms with van der Waals surface area (Å²) in [7, 11) is 0. The van der Waals surface area contributed by atoms with Crippen LogP contribution in [0.4, 0.5) is 0 Å². The van der Waals surface area contributed by atoms with Crippen molar-refractivity contribution in [3.05, 3.63) is 29.8 Å². The Morgan fingerprint density at radius 3 is 2.74 bits per heavy atom. The molecule has 1 aromatic rings. The first kappa shape index (κ1) is 15.8. The molecule has 0 aliphatic heterocycles. The minimum absolute atomic E-state index is 0.0409. The van der Waals surface area contributed by atoms with Crippen molar-refractivity contribution in [2.45, 2.75) is 44.6 Å². The van der Waals surface area contributed by atoms with Crippen LogP contribution < -0.4 is 5.32 Å². The number of benzene rings is 1. The maximum atomic E-state index is 11.7. The molecule has 1 rings (SSSR count). The van der Waals surface area contributed by atoms with Gasteiger partial charge in [0.25, 0.3) is 0 Å². The molecule has 0 saturated heterocycles. The number of thioether (sulfide) groups is 1. The van der Waals surface area contributed by atoms with E-state index in [2.05, 4.69) is 12.2 Å². The maximum Gasteiger partial charge on any atom is 0.230 e. The Kier molecular flexibility index (Phi) is 6.64. The highest BCUT2D eigenvalue weighted by molar-refractivity contribution is 8.00. The zero-order valence-corrected chi connectivity index (χ0v) is 12.5. The molecule has 0 aromatic heterocycles. The second-order valence-electron chi connectivity index (χ2n) is 4.63.